The van der Waals surface area contributed by atoms with Crippen LogP contribution >= 0.6 is 0 Å². The van der Waals surface area contributed by atoms with Gasteiger partial charge in [0.15, 0.2) is 0 Å². The van der Waals surface area contributed by atoms with Crippen LogP contribution in [-0.2, 0) is 25.5 Å². The SMILES string of the molecule is CCOC(=O)[C@H](Cc1ccc(NC(=O)/C(=C/c2ccccc2)NC(C)=O)cc1)N1C(=O)c2ccccc2C1=O. The minimum atomic E-state index is -1.15. The van der Waals surface area contributed by atoms with Crippen molar-refractivity contribution in [1.82, 2.24) is 10.2 Å². The third-order valence-corrected chi connectivity index (χ3v) is 6.00. The van der Waals surface area contributed by atoms with Gasteiger partial charge >= 0.3 is 5.97 Å². The number of carbonyl (C=O) groups excluding carboxylic acids is 5. The van der Waals surface area contributed by atoms with E-state index in [4.69, 9.17) is 4.74 Å². The molecule has 1 aliphatic rings. The van der Waals surface area contributed by atoms with Crippen LogP contribution in [0.4, 0.5) is 5.69 Å². The lowest BCUT2D eigenvalue weighted by Gasteiger charge is -2.24. The molecule has 0 aromatic heterocycles. The van der Waals surface area contributed by atoms with E-state index in [2.05, 4.69) is 10.6 Å². The summed E-state index contributed by atoms with van der Waals surface area (Å²) in [6.07, 6.45) is 1.60. The molecule has 9 nitrogen and oxygen atoms in total. The Labute approximate surface area is 225 Å². The highest BCUT2D eigenvalue weighted by Gasteiger charge is 2.43. The number of anilines is 1. The van der Waals surface area contributed by atoms with Gasteiger partial charge in [-0.1, -0.05) is 54.6 Å². The summed E-state index contributed by atoms with van der Waals surface area (Å²) < 4.78 is 5.18. The van der Waals surface area contributed by atoms with Crippen LogP contribution in [-0.4, -0.2) is 47.1 Å². The number of nitrogens with zero attached hydrogens (tertiary/aromatic N) is 1. The Hall–Kier alpha value is -5.05. The molecule has 198 valence electrons. The number of hydrogen-bond acceptors (Lipinski definition) is 6. The fourth-order valence-electron chi connectivity index (χ4n) is 4.22. The lowest BCUT2D eigenvalue weighted by molar-refractivity contribution is -0.147. The number of nitrogens with one attached hydrogen (secondary N) is 2. The third-order valence-electron chi connectivity index (χ3n) is 6.00. The Kier molecular flexibility index (Phi) is 8.30. The molecule has 0 aliphatic carbocycles. The maximum atomic E-state index is 13.0. The zero-order valence-electron chi connectivity index (χ0n) is 21.5. The number of fused-ring (bicyclic) bond motifs is 1. The highest BCUT2D eigenvalue weighted by atomic mass is 16.5. The lowest BCUT2D eigenvalue weighted by atomic mass is 10.0. The summed E-state index contributed by atoms with van der Waals surface area (Å²) in [7, 11) is 0. The van der Waals surface area contributed by atoms with E-state index < -0.39 is 29.7 Å². The van der Waals surface area contributed by atoms with Gasteiger partial charge in [-0.3, -0.25) is 24.1 Å². The molecule has 2 N–H and O–H groups in total. The molecule has 4 rings (SSSR count). The van der Waals surface area contributed by atoms with Gasteiger partial charge in [-0.05, 0) is 48.4 Å². The zero-order chi connectivity index (χ0) is 27.9. The molecule has 0 saturated carbocycles. The molecule has 0 saturated heterocycles. The number of benzene rings is 3. The van der Waals surface area contributed by atoms with Crippen molar-refractivity contribution in [2.75, 3.05) is 11.9 Å². The molecule has 3 aromatic rings. The molecule has 39 heavy (non-hydrogen) atoms. The minimum absolute atomic E-state index is 0.0313. The van der Waals surface area contributed by atoms with E-state index in [-0.39, 0.29) is 35.8 Å². The number of imide groups is 1. The predicted molar refractivity (Wildman–Crippen MR) is 144 cm³/mol. The second-order valence-electron chi connectivity index (χ2n) is 8.80. The Morgan fingerprint density at radius 1 is 0.872 bits per heavy atom. The third kappa shape index (κ3) is 6.27. The van der Waals surface area contributed by atoms with Crippen molar-refractivity contribution < 1.29 is 28.7 Å². The summed E-state index contributed by atoms with van der Waals surface area (Å²) in [5.41, 5.74) is 2.39. The molecule has 0 fully saturated rings. The molecule has 0 bridgehead atoms. The summed E-state index contributed by atoms with van der Waals surface area (Å²) >= 11 is 0. The highest BCUT2D eigenvalue weighted by Crippen LogP contribution is 2.27. The number of hydrogen-bond donors (Lipinski definition) is 2. The molecule has 1 heterocycles. The van der Waals surface area contributed by atoms with Crippen molar-refractivity contribution in [2.45, 2.75) is 26.3 Å². The van der Waals surface area contributed by atoms with Crippen LogP contribution in [0.5, 0.6) is 0 Å². The van der Waals surface area contributed by atoms with Crippen molar-refractivity contribution in [3.8, 4) is 0 Å². The Morgan fingerprint density at radius 2 is 1.46 bits per heavy atom. The molecular weight excluding hydrogens is 498 g/mol. The van der Waals surface area contributed by atoms with Crippen molar-refractivity contribution in [3.63, 3.8) is 0 Å². The number of amides is 4. The molecular formula is C30H27N3O6. The fourth-order valence-corrected chi connectivity index (χ4v) is 4.22. The number of rotatable bonds is 9. The molecule has 1 aliphatic heterocycles. The highest BCUT2D eigenvalue weighted by molar-refractivity contribution is 6.22. The van der Waals surface area contributed by atoms with E-state index >= 15 is 0 Å². The molecule has 3 aromatic carbocycles. The van der Waals surface area contributed by atoms with Gasteiger partial charge in [0.1, 0.15) is 11.7 Å². The van der Waals surface area contributed by atoms with E-state index in [1.54, 1.807) is 73.7 Å². The van der Waals surface area contributed by atoms with Crippen LogP contribution in [0, 0.1) is 0 Å². The molecule has 1 atom stereocenters. The Bertz CT molecular complexity index is 1410. The average Bonchev–Trinajstić information content (AvgIpc) is 3.18. The molecule has 0 spiro atoms. The second-order valence-corrected chi connectivity index (χ2v) is 8.80. The van der Waals surface area contributed by atoms with Crippen LogP contribution in [0.25, 0.3) is 6.08 Å². The maximum absolute atomic E-state index is 13.0. The fraction of sp³-hybridized carbons (Fsp3) is 0.167. The number of ether oxygens (including phenoxy) is 1. The van der Waals surface area contributed by atoms with Gasteiger partial charge in [0.05, 0.1) is 17.7 Å². The number of esters is 1. The van der Waals surface area contributed by atoms with E-state index in [1.165, 1.54) is 6.92 Å². The van der Waals surface area contributed by atoms with Gasteiger partial charge < -0.3 is 15.4 Å². The van der Waals surface area contributed by atoms with E-state index in [1.807, 2.05) is 18.2 Å². The summed E-state index contributed by atoms with van der Waals surface area (Å²) in [5.74, 6) is -2.69. The first-order chi connectivity index (χ1) is 18.8. The standard InChI is InChI=1S/C30H27N3O6/c1-3-39-30(38)26(33-28(36)23-11-7-8-12-24(23)29(33)37)18-21-13-15-22(16-14-21)32-27(35)25(31-19(2)34)17-20-9-5-4-6-10-20/h4-17,26H,3,18H2,1-2H3,(H,31,34)(H,32,35)/b25-17-/t26-/m0/s1. The maximum Gasteiger partial charge on any atom is 0.329 e. The number of carbonyl (C=O) groups is 5. The Balaban J connectivity index is 1.52. The molecule has 4 amide bonds. The van der Waals surface area contributed by atoms with Gasteiger partial charge in [0.2, 0.25) is 5.91 Å². The van der Waals surface area contributed by atoms with Gasteiger partial charge in [-0.25, -0.2) is 4.79 Å². The topological polar surface area (TPSA) is 122 Å². The first-order valence-electron chi connectivity index (χ1n) is 12.4. The van der Waals surface area contributed by atoms with E-state index in [0.717, 1.165) is 10.5 Å². The molecule has 0 radical (unpaired) electrons. The normalized spacial score (nSPS) is 13.5. The van der Waals surface area contributed by atoms with Crippen molar-refractivity contribution in [1.29, 1.82) is 0 Å². The van der Waals surface area contributed by atoms with Gasteiger partial charge in [-0.2, -0.15) is 0 Å². The van der Waals surface area contributed by atoms with Crippen LogP contribution < -0.4 is 10.6 Å². The van der Waals surface area contributed by atoms with Crippen LogP contribution in [0.3, 0.4) is 0 Å². The summed E-state index contributed by atoms with van der Waals surface area (Å²) in [5, 5.41) is 5.29. The largest absolute Gasteiger partial charge is 0.464 e. The zero-order valence-corrected chi connectivity index (χ0v) is 21.5. The summed E-state index contributed by atoms with van der Waals surface area (Å²) in [6.45, 7) is 3.06. The first kappa shape index (κ1) is 27.0. The molecule has 9 heteroatoms. The summed E-state index contributed by atoms with van der Waals surface area (Å²) in [4.78, 5) is 64.4. The summed E-state index contributed by atoms with van der Waals surface area (Å²) in [6, 6.07) is 21.0. The first-order valence-corrected chi connectivity index (χ1v) is 12.4. The van der Waals surface area contributed by atoms with E-state index in [0.29, 0.717) is 11.3 Å². The van der Waals surface area contributed by atoms with Gasteiger partial charge in [0.25, 0.3) is 17.7 Å². The van der Waals surface area contributed by atoms with E-state index in [9.17, 15) is 24.0 Å². The minimum Gasteiger partial charge on any atom is -0.464 e. The van der Waals surface area contributed by atoms with Crippen LogP contribution in [0.2, 0.25) is 0 Å². The lowest BCUT2D eigenvalue weighted by Crippen LogP contribution is -2.47. The van der Waals surface area contributed by atoms with Crippen LogP contribution in [0.15, 0.2) is 84.6 Å². The van der Waals surface area contributed by atoms with Crippen molar-refractivity contribution in [3.05, 3.63) is 107 Å². The second kappa shape index (κ2) is 12.0. The smallest absolute Gasteiger partial charge is 0.329 e. The average molecular weight is 526 g/mol. The molecule has 0 unspecified atom stereocenters. The van der Waals surface area contributed by atoms with Crippen molar-refractivity contribution >= 4 is 41.4 Å². The Morgan fingerprint density at radius 3 is 2.03 bits per heavy atom. The monoisotopic (exact) mass is 525 g/mol. The quantitative estimate of drug-likeness (QED) is 0.250. The van der Waals surface area contributed by atoms with Crippen LogP contribution in [0.1, 0.15) is 45.7 Å². The van der Waals surface area contributed by atoms with Crippen molar-refractivity contribution in [2.24, 2.45) is 0 Å². The van der Waals surface area contributed by atoms with Gasteiger partial charge in [-0.15, -0.1) is 0 Å². The van der Waals surface area contributed by atoms with Gasteiger partial charge in [0, 0.05) is 19.0 Å². The predicted octanol–water partition coefficient (Wildman–Crippen LogP) is 3.57.